The molecule has 4 heteroatoms. The molecule has 0 radical (unpaired) electrons. The van der Waals surface area contributed by atoms with Crippen molar-refractivity contribution in [2.75, 3.05) is 26.2 Å². The average Bonchev–Trinajstić information content (AvgIpc) is 3.15. The third-order valence-corrected chi connectivity index (χ3v) is 5.28. The van der Waals surface area contributed by atoms with Crippen molar-refractivity contribution in [2.24, 2.45) is 17.8 Å². The molecule has 0 aromatic heterocycles. The van der Waals surface area contributed by atoms with Crippen molar-refractivity contribution < 1.29 is 8.78 Å². The fourth-order valence-electron chi connectivity index (χ4n) is 3.89. The smallest absolute Gasteiger partial charge is 0.250 e. The van der Waals surface area contributed by atoms with E-state index in [-0.39, 0.29) is 12.6 Å². The van der Waals surface area contributed by atoms with E-state index in [1.165, 1.54) is 51.6 Å². The molecule has 1 heterocycles. The van der Waals surface area contributed by atoms with Crippen molar-refractivity contribution >= 4 is 0 Å². The number of likely N-dealkylation sites (tertiary alicyclic amines) is 1. The van der Waals surface area contributed by atoms with Crippen molar-refractivity contribution in [1.82, 2.24) is 10.2 Å². The summed E-state index contributed by atoms with van der Waals surface area (Å²) in [6.07, 6.45) is 7.13. The minimum Gasteiger partial charge on any atom is -0.307 e. The number of piperidine rings is 1. The summed E-state index contributed by atoms with van der Waals surface area (Å²) in [6.45, 7) is 3.25. The Kier molecular flexibility index (Phi) is 4.92. The van der Waals surface area contributed by atoms with Crippen LogP contribution in [0.25, 0.3) is 0 Å². The van der Waals surface area contributed by atoms with Crippen molar-refractivity contribution in [3.8, 4) is 0 Å². The SMILES string of the molecule is FC(F)CNC1CC(CC2CC2)CN(CC2CCC2)C1. The zero-order valence-corrected chi connectivity index (χ0v) is 12.4. The summed E-state index contributed by atoms with van der Waals surface area (Å²) in [5.74, 6) is 2.55. The van der Waals surface area contributed by atoms with Gasteiger partial charge in [-0.25, -0.2) is 8.78 Å². The van der Waals surface area contributed by atoms with Crippen LogP contribution in [0.1, 0.15) is 44.9 Å². The third kappa shape index (κ3) is 4.39. The summed E-state index contributed by atoms with van der Waals surface area (Å²) < 4.78 is 24.8. The van der Waals surface area contributed by atoms with Gasteiger partial charge in [-0.2, -0.15) is 0 Å². The first-order chi connectivity index (χ1) is 9.69. The number of rotatable bonds is 7. The Hall–Kier alpha value is -0.220. The van der Waals surface area contributed by atoms with Crippen LogP contribution >= 0.6 is 0 Å². The maximum Gasteiger partial charge on any atom is 0.250 e. The lowest BCUT2D eigenvalue weighted by Crippen LogP contribution is -2.51. The van der Waals surface area contributed by atoms with Crippen LogP contribution in [0.5, 0.6) is 0 Å². The van der Waals surface area contributed by atoms with E-state index in [1.807, 2.05) is 0 Å². The standard InChI is InChI=1S/C16H28F2N2/c17-16(18)8-19-15-7-14(6-12-4-5-12)10-20(11-15)9-13-2-1-3-13/h12-16,19H,1-11H2. The molecule has 1 N–H and O–H groups in total. The molecule has 2 saturated carbocycles. The van der Waals surface area contributed by atoms with E-state index in [9.17, 15) is 8.78 Å². The zero-order valence-electron chi connectivity index (χ0n) is 12.4. The van der Waals surface area contributed by atoms with E-state index in [4.69, 9.17) is 0 Å². The molecule has 2 aliphatic carbocycles. The van der Waals surface area contributed by atoms with Gasteiger partial charge in [0.05, 0.1) is 6.54 Å². The molecule has 2 atom stereocenters. The first-order valence-electron chi connectivity index (χ1n) is 8.43. The Morgan fingerprint density at radius 2 is 1.80 bits per heavy atom. The molecule has 20 heavy (non-hydrogen) atoms. The molecule has 2 unspecified atom stereocenters. The Morgan fingerprint density at radius 3 is 2.40 bits per heavy atom. The van der Waals surface area contributed by atoms with Gasteiger partial charge < -0.3 is 10.2 Å². The van der Waals surface area contributed by atoms with Gasteiger partial charge in [-0.3, -0.25) is 0 Å². The molecule has 0 aromatic rings. The van der Waals surface area contributed by atoms with Gasteiger partial charge >= 0.3 is 0 Å². The number of nitrogens with one attached hydrogen (secondary N) is 1. The molecule has 116 valence electrons. The minimum absolute atomic E-state index is 0.141. The Morgan fingerprint density at radius 1 is 1.00 bits per heavy atom. The van der Waals surface area contributed by atoms with E-state index in [2.05, 4.69) is 10.2 Å². The van der Waals surface area contributed by atoms with Crippen LogP contribution in [0, 0.1) is 17.8 Å². The van der Waals surface area contributed by atoms with Crippen molar-refractivity contribution in [1.29, 1.82) is 0 Å². The van der Waals surface area contributed by atoms with Crippen LogP contribution in [-0.4, -0.2) is 43.5 Å². The second-order valence-electron chi connectivity index (χ2n) is 7.29. The molecule has 1 saturated heterocycles. The number of alkyl halides is 2. The fourth-order valence-corrected chi connectivity index (χ4v) is 3.89. The minimum atomic E-state index is -2.22. The van der Waals surface area contributed by atoms with Gasteiger partial charge in [-0.15, -0.1) is 0 Å². The number of nitrogens with zero attached hydrogens (tertiary/aromatic N) is 1. The molecule has 0 amide bonds. The highest BCUT2D eigenvalue weighted by atomic mass is 19.3. The van der Waals surface area contributed by atoms with Gasteiger partial charge in [-0.1, -0.05) is 19.3 Å². The topological polar surface area (TPSA) is 15.3 Å². The Balaban J connectivity index is 1.49. The lowest BCUT2D eigenvalue weighted by Gasteiger charge is -2.41. The number of hydrogen-bond donors (Lipinski definition) is 1. The first kappa shape index (κ1) is 14.7. The van der Waals surface area contributed by atoms with Crippen molar-refractivity contribution in [3.05, 3.63) is 0 Å². The van der Waals surface area contributed by atoms with Gasteiger partial charge in [0.1, 0.15) is 0 Å². The summed E-state index contributed by atoms with van der Waals surface area (Å²) in [4.78, 5) is 2.56. The van der Waals surface area contributed by atoms with Gasteiger partial charge in [0.25, 0.3) is 6.43 Å². The third-order valence-electron chi connectivity index (χ3n) is 5.28. The van der Waals surface area contributed by atoms with Crippen LogP contribution in [0.2, 0.25) is 0 Å². The van der Waals surface area contributed by atoms with E-state index in [0.717, 1.165) is 30.7 Å². The van der Waals surface area contributed by atoms with Gasteiger partial charge in [0, 0.05) is 25.7 Å². The van der Waals surface area contributed by atoms with Crippen molar-refractivity contribution in [2.45, 2.75) is 57.4 Å². The predicted molar refractivity (Wildman–Crippen MR) is 77.0 cm³/mol. The van der Waals surface area contributed by atoms with Crippen LogP contribution in [0.15, 0.2) is 0 Å². The lowest BCUT2D eigenvalue weighted by molar-refractivity contribution is 0.0837. The molecule has 3 aliphatic rings. The lowest BCUT2D eigenvalue weighted by atomic mass is 9.83. The predicted octanol–water partition coefficient (Wildman–Crippen LogP) is 3.13. The van der Waals surface area contributed by atoms with E-state index >= 15 is 0 Å². The largest absolute Gasteiger partial charge is 0.307 e. The average molecular weight is 286 g/mol. The monoisotopic (exact) mass is 286 g/mol. The second-order valence-corrected chi connectivity index (χ2v) is 7.29. The van der Waals surface area contributed by atoms with Crippen LogP contribution in [0.3, 0.4) is 0 Å². The molecule has 3 fully saturated rings. The second kappa shape index (κ2) is 6.69. The molecule has 0 spiro atoms. The molecular formula is C16H28F2N2. The summed E-state index contributed by atoms with van der Waals surface area (Å²) in [5, 5.41) is 3.09. The maximum atomic E-state index is 12.4. The van der Waals surface area contributed by atoms with Gasteiger partial charge in [-0.05, 0) is 43.4 Å². The maximum absolute atomic E-state index is 12.4. The highest BCUT2D eigenvalue weighted by Gasteiger charge is 2.33. The molecular weight excluding hydrogens is 258 g/mol. The molecule has 2 nitrogen and oxygen atoms in total. The van der Waals surface area contributed by atoms with Crippen LogP contribution < -0.4 is 5.32 Å². The molecule has 0 aromatic carbocycles. The van der Waals surface area contributed by atoms with E-state index in [0.29, 0.717) is 0 Å². The van der Waals surface area contributed by atoms with Crippen molar-refractivity contribution in [3.63, 3.8) is 0 Å². The van der Waals surface area contributed by atoms with Crippen LogP contribution in [-0.2, 0) is 0 Å². The molecule has 3 rings (SSSR count). The fraction of sp³-hybridized carbons (Fsp3) is 1.00. The Bertz CT molecular complexity index is 303. The highest BCUT2D eigenvalue weighted by Crippen LogP contribution is 2.38. The summed E-state index contributed by atoms with van der Waals surface area (Å²) >= 11 is 0. The zero-order chi connectivity index (χ0) is 13.9. The highest BCUT2D eigenvalue weighted by molar-refractivity contribution is 4.88. The van der Waals surface area contributed by atoms with E-state index < -0.39 is 6.43 Å². The molecule has 0 bridgehead atoms. The Labute approximate surface area is 121 Å². The quantitative estimate of drug-likeness (QED) is 0.773. The molecule has 1 aliphatic heterocycles. The van der Waals surface area contributed by atoms with Gasteiger partial charge in [0.15, 0.2) is 0 Å². The van der Waals surface area contributed by atoms with Crippen LogP contribution in [0.4, 0.5) is 8.78 Å². The normalized spacial score (nSPS) is 32.5. The van der Waals surface area contributed by atoms with E-state index in [1.54, 1.807) is 0 Å². The number of halogens is 2. The summed E-state index contributed by atoms with van der Waals surface area (Å²) in [6, 6.07) is 0.279. The summed E-state index contributed by atoms with van der Waals surface area (Å²) in [7, 11) is 0. The number of hydrogen-bond acceptors (Lipinski definition) is 2. The summed E-state index contributed by atoms with van der Waals surface area (Å²) in [5.41, 5.74) is 0. The van der Waals surface area contributed by atoms with Gasteiger partial charge in [0.2, 0.25) is 0 Å². The first-order valence-corrected chi connectivity index (χ1v) is 8.43.